The Labute approximate surface area is 161 Å². The molecule has 0 radical (unpaired) electrons. The molecule has 0 aliphatic carbocycles. The Morgan fingerprint density at radius 3 is 2.30 bits per heavy atom. The van der Waals surface area contributed by atoms with Crippen molar-refractivity contribution in [3.8, 4) is 11.5 Å². The lowest BCUT2D eigenvalue weighted by Crippen LogP contribution is -2.41. The van der Waals surface area contributed by atoms with Crippen LogP contribution in [0.2, 0.25) is 0 Å². The summed E-state index contributed by atoms with van der Waals surface area (Å²) in [5, 5.41) is 6.43. The number of benzene rings is 2. The molecule has 2 aromatic rings. The molecule has 0 saturated heterocycles. The van der Waals surface area contributed by atoms with E-state index in [0.29, 0.717) is 19.1 Å². The number of hydrogen-bond acceptors (Lipinski definition) is 4. The Kier molecular flexibility index (Phi) is 6.01. The van der Waals surface area contributed by atoms with Gasteiger partial charge in [-0.1, -0.05) is 37.6 Å². The zero-order valence-corrected chi connectivity index (χ0v) is 16.4. The maximum atomic E-state index is 12.6. The standard InChI is InChI=1S/C22H28N2O3/c1-14(2)21(17-7-10-19-20(13-17)27-12-11-26-19)23-16(4)22(25)24-18-8-5-15(3)6-9-18/h5-10,13-14,16,21,23H,11-12H2,1-4H3,(H,24,25)/t16-,21+/m1/s1. The summed E-state index contributed by atoms with van der Waals surface area (Å²) < 4.78 is 11.3. The number of rotatable bonds is 6. The predicted octanol–water partition coefficient (Wildman–Crippen LogP) is 4.08. The average molecular weight is 368 g/mol. The molecule has 1 heterocycles. The van der Waals surface area contributed by atoms with Gasteiger partial charge in [-0.3, -0.25) is 10.1 Å². The highest BCUT2D eigenvalue weighted by Gasteiger charge is 2.23. The minimum atomic E-state index is -0.341. The second kappa shape index (κ2) is 8.44. The van der Waals surface area contributed by atoms with Crippen LogP contribution in [0, 0.1) is 12.8 Å². The van der Waals surface area contributed by atoms with E-state index in [2.05, 4.69) is 24.5 Å². The second-order valence-electron chi connectivity index (χ2n) is 7.37. The van der Waals surface area contributed by atoms with Crippen molar-refractivity contribution < 1.29 is 14.3 Å². The van der Waals surface area contributed by atoms with E-state index in [4.69, 9.17) is 9.47 Å². The van der Waals surface area contributed by atoms with E-state index in [1.807, 2.05) is 56.3 Å². The number of ether oxygens (including phenoxy) is 2. The Bertz CT molecular complexity index is 787. The Morgan fingerprint density at radius 1 is 0.963 bits per heavy atom. The van der Waals surface area contributed by atoms with Crippen molar-refractivity contribution in [2.24, 2.45) is 5.92 Å². The van der Waals surface area contributed by atoms with Gasteiger partial charge in [0.05, 0.1) is 6.04 Å². The fourth-order valence-corrected chi connectivity index (χ4v) is 3.16. The lowest BCUT2D eigenvalue weighted by atomic mass is 9.94. The summed E-state index contributed by atoms with van der Waals surface area (Å²) in [4.78, 5) is 12.6. The fraction of sp³-hybridized carbons (Fsp3) is 0.409. The van der Waals surface area contributed by atoms with Gasteiger partial charge in [0.15, 0.2) is 11.5 Å². The summed E-state index contributed by atoms with van der Waals surface area (Å²) >= 11 is 0. The molecule has 0 bridgehead atoms. The molecular formula is C22H28N2O3. The van der Waals surface area contributed by atoms with Crippen molar-refractivity contribution in [3.05, 3.63) is 53.6 Å². The zero-order valence-electron chi connectivity index (χ0n) is 16.4. The third-order valence-corrected chi connectivity index (χ3v) is 4.73. The van der Waals surface area contributed by atoms with Gasteiger partial charge in [0.2, 0.25) is 5.91 Å². The average Bonchev–Trinajstić information content (AvgIpc) is 2.67. The van der Waals surface area contributed by atoms with Crippen molar-refractivity contribution in [1.29, 1.82) is 0 Å². The van der Waals surface area contributed by atoms with Gasteiger partial charge in [0, 0.05) is 11.7 Å². The van der Waals surface area contributed by atoms with Crippen LogP contribution in [0.5, 0.6) is 11.5 Å². The molecule has 144 valence electrons. The topological polar surface area (TPSA) is 59.6 Å². The summed E-state index contributed by atoms with van der Waals surface area (Å²) in [5.74, 6) is 1.80. The van der Waals surface area contributed by atoms with E-state index >= 15 is 0 Å². The third-order valence-electron chi connectivity index (χ3n) is 4.73. The first-order valence-corrected chi connectivity index (χ1v) is 9.47. The highest BCUT2D eigenvalue weighted by Crippen LogP contribution is 2.34. The van der Waals surface area contributed by atoms with Crippen LogP contribution in [0.15, 0.2) is 42.5 Å². The quantitative estimate of drug-likeness (QED) is 0.807. The van der Waals surface area contributed by atoms with Crippen LogP contribution in [-0.2, 0) is 4.79 Å². The first-order chi connectivity index (χ1) is 12.9. The SMILES string of the molecule is Cc1ccc(NC(=O)[C@@H](C)N[C@H](c2ccc3c(c2)OCCO3)C(C)C)cc1. The molecule has 3 rings (SSSR count). The molecule has 1 aliphatic heterocycles. The molecule has 2 aromatic carbocycles. The van der Waals surface area contributed by atoms with Crippen molar-refractivity contribution in [3.63, 3.8) is 0 Å². The molecule has 0 unspecified atom stereocenters. The molecule has 0 spiro atoms. The Hall–Kier alpha value is -2.53. The van der Waals surface area contributed by atoms with E-state index in [9.17, 15) is 4.79 Å². The smallest absolute Gasteiger partial charge is 0.241 e. The van der Waals surface area contributed by atoms with Crippen molar-refractivity contribution in [2.45, 2.75) is 39.8 Å². The number of aryl methyl sites for hydroxylation is 1. The van der Waals surface area contributed by atoms with Gasteiger partial charge in [0.25, 0.3) is 0 Å². The Morgan fingerprint density at radius 2 is 1.63 bits per heavy atom. The summed E-state index contributed by atoms with van der Waals surface area (Å²) in [6.07, 6.45) is 0. The van der Waals surface area contributed by atoms with Crippen molar-refractivity contribution in [2.75, 3.05) is 18.5 Å². The first kappa shape index (κ1) is 19.2. The van der Waals surface area contributed by atoms with Gasteiger partial charge in [-0.05, 0) is 49.6 Å². The number of carbonyl (C=O) groups is 1. The lowest BCUT2D eigenvalue weighted by Gasteiger charge is -2.28. The number of anilines is 1. The van der Waals surface area contributed by atoms with Gasteiger partial charge in [-0.15, -0.1) is 0 Å². The molecule has 5 nitrogen and oxygen atoms in total. The van der Waals surface area contributed by atoms with Gasteiger partial charge in [-0.2, -0.15) is 0 Å². The highest BCUT2D eigenvalue weighted by molar-refractivity contribution is 5.94. The van der Waals surface area contributed by atoms with E-state index in [1.165, 1.54) is 0 Å². The molecule has 2 N–H and O–H groups in total. The first-order valence-electron chi connectivity index (χ1n) is 9.47. The minimum Gasteiger partial charge on any atom is -0.486 e. The monoisotopic (exact) mass is 368 g/mol. The summed E-state index contributed by atoms with van der Waals surface area (Å²) in [6, 6.07) is 13.5. The van der Waals surface area contributed by atoms with E-state index in [-0.39, 0.29) is 18.0 Å². The van der Waals surface area contributed by atoms with Crippen LogP contribution >= 0.6 is 0 Å². The van der Waals surface area contributed by atoms with E-state index < -0.39 is 0 Å². The number of hydrogen-bond donors (Lipinski definition) is 2. The van der Waals surface area contributed by atoms with E-state index in [1.54, 1.807) is 0 Å². The van der Waals surface area contributed by atoms with Gasteiger partial charge >= 0.3 is 0 Å². The normalized spacial score (nSPS) is 15.3. The Balaban J connectivity index is 1.70. The van der Waals surface area contributed by atoms with Gasteiger partial charge in [-0.25, -0.2) is 0 Å². The molecule has 27 heavy (non-hydrogen) atoms. The molecule has 0 aromatic heterocycles. The molecule has 5 heteroatoms. The molecule has 1 aliphatic rings. The van der Waals surface area contributed by atoms with Crippen LogP contribution < -0.4 is 20.1 Å². The van der Waals surface area contributed by atoms with Crippen molar-refractivity contribution in [1.82, 2.24) is 5.32 Å². The van der Waals surface area contributed by atoms with Gasteiger partial charge < -0.3 is 14.8 Å². The fourth-order valence-electron chi connectivity index (χ4n) is 3.16. The maximum absolute atomic E-state index is 12.6. The van der Waals surface area contributed by atoms with Crippen LogP contribution in [0.1, 0.15) is 37.9 Å². The number of fused-ring (bicyclic) bond motifs is 1. The van der Waals surface area contributed by atoms with Crippen LogP contribution in [0.3, 0.4) is 0 Å². The molecule has 0 fully saturated rings. The van der Waals surface area contributed by atoms with Crippen LogP contribution in [0.4, 0.5) is 5.69 Å². The second-order valence-corrected chi connectivity index (χ2v) is 7.37. The van der Waals surface area contributed by atoms with E-state index in [0.717, 1.165) is 28.3 Å². The minimum absolute atomic E-state index is 0.0274. The van der Waals surface area contributed by atoms with Crippen LogP contribution in [0.25, 0.3) is 0 Å². The number of nitrogens with one attached hydrogen (secondary N) is 2. The third kappa shape index (κ3) is 4.80. The maximum Gasteiger partial charge on any atom is 0.241 e. The molecule has 1 amide bonds. The number of carbonyl (C=O) groups excluding carboxylic acids is 1. The summed E-state index contributed by atoms with van der Waals surface area (Å²) in [7, 11) is 0. The number of amides is 1. The zero-order chi connectivity index (χ0) is 19.4. The summed E-state index contributed by atoms with van der Waals surface area (Å²) in [6.45, 7) is 9.32. The largest absolute Gasteiger partial charge is 0.486 e. The highest BCUT2D eigenvalue weighted by atomic mass is 16.6. The molecular weight excluding hydrogens is 340 g/mol. The summed E-state index contributed by atoms with van der Waals surface area (Å²) in [5.41, 5.74) is 3.06. The lowest BCUT2D eigenvalue weighted by molar-refractivity contribution is -0.118. The molecule has 2 atom stereocenters. The van der Waals surface area contributed by atoms with Crippen molar-refractivity contribution >= 4 is 11.6 Å². The van der Waals surface area contributed by atoms with Gasteiger partial charge in [0.1, 0.15) is 13.2 Å². The molecule has 0 saturated carbocycles. The van der Waals surface area contributed by atoms with Crippen LogP contribution in [-0.4, -0.2) is 25.2 Å². The predicted molar refractivity (Wildman–Crippen MR) is 107 cm³/mol.